The number of benzene rings is 1. The largest absolute Gasteiger partial charge is 0.398 e. The molecule has 0 saturated carbocycles. The predicted molar refractivity (Wildman–Crippen MR) is 85.7 cm³/mol. The van der Waals surface area contributed by atoms with E-state index in [1.807, 2.05) is 23.6 Å². The van der Waals surface area contributed by atoms with Crippen LogP contribution in [0.5, 0.6) is 0 Å². The van der Waals surface area contributed by atoms with Crippen LogP contribution in [-0.2, 0) is 5.75 Å². The van der Waals surface area contributed by atoms with Gasteiger partial charge < -0.3 is 10.7 Å². The number of hydrogen-bond acceptors (Lipinski definition) is 5. The number of aromatic nitrogens is 2. The van der Waals surface area contributed by atoms with Gasteiger partial charge in [-0.1, -0.05) is 11.6 Å². The third-order valence-corrected chi connectivity index (χ3v) is 4.95. The molecule has 20 heavy (non-hydrogen) atoms. The zero-order valence-electron chi connectivity index (χ0n) is 10.2. The number of rotatable bonds is 3. The molecular weight excluding hydrogens is 314 g/mol. The Labute approximate surface area is 128 Å². The molecule has 2 aromatic heterocycles. The first-order valence-electron chi connectivity index (χ1n) is 5.78. The van der Waals surface area contributed by atoms with Crippen LogP contribution in [0.15, 0.2) is 39.3 Å². The number of hydrogen-bond donors (Lipinski definition) is 2. The van der Waals surface area contributed by atoms with Gasteiger partial charge in [0.25, 0.3) is 5.56 Å². The maximum atomic E-state index is 11.8. The summed E-state index contributed by atoms with van der Waals surface area (Å²) < 4.78 is 0.661. The van der Waals surface area contributed by atoms with E-state index >= 15 is 0 Å². The predicted octanol–water partition coefficient (Wildman–Crippen LogP) is 3.51. The van der Waals surface area contributed by atoms with E-state index in [1.54, 1.807) is 17.8 Å². The zero-order chi connectivity index (χ0) is 14.1. The van der Waals surface area contributed by atoms with Gasteiger partial charge in [-0.15, -0.1) is 23.1 Å². The number of thioether (sulfide) groups is 1. The summed E-state index contributed by atoms with van der Waals surface area (Å²) >= 11 is 8.92. The molecule has 0 radical (unpaired) electrons. The van der Waals surface area contributed by atoms with E-state index in [-0.39, 0.29) is 5.56 Å². The normalized spacial score (nSPS) is 11.1. The van der Waals surface area contributed by atoms with E-state index in [1.165, 1.54) is 11.3 Å². The maximum Gasteiger partial charge on any atom is 0.268 e. The van der Waals surface area contributed by atoms with Gasteiger partial charge in [0.15, 0.2) is 0 Å². The Kier molecular flexibility index (Phi) is 3.69. The van der Waals surface area contributed by atoms with Crippen molar-refractivity contribution in [2.45, 2.75) is 10.6 Å². The second kappa shape index (κ2) is 5.47. The number of anilines is 1. The summed E-state index contributed by atoms with van der Waals surface area (Å²) in [5, 5.41) is 2.40. The van der Waals surface area contributed by atoms with Crippen LogP contribution in [0.4, 0.5) is 5.69 Å². The Morgan fingerprint density at radius 1 is 1.40 bits per heavy atom. The number of nitrogens with zero attached hydrogens (tertiary/aromatic N) is 1. The van der Waals surface area contributed by atoms with Crippen LogP contribution in [-0.4, -0.2) is 9.97 Å². The molecule has 0 bridgehead atoms. The molecule has 0 aliphatic rings. The molecule has 0 atom stereocenters. The Bertz CT molecular complexity index is 828. The number of fused-ring (bicyclic) bond motifs is 1. The quantitative estimate of drug-likeness (QED) is 0.571. The second-order valence-corrected chi connectivity index (χ2v) is 6.49. The number of nitrogens with one attached hydrogen (secondary N) is 1. The van der Waals surface area contributed by atoms with Gasteiger partial charge in [0.2, 0.25) is 0 Å². The lowest BCUT2D eigenvalue weighted by atomic mass is 10.3. The fourth-order valence-corrected chi connectivity index (χ4v) is 3.52. The lowest BCUT2D eigenvalue weighted by Crippen LogP contribution is -2.09. The van der Waals surface area contributed by atoms with Gasteiger partial charge in [-0.2, -0.15) is 0 Å². The van der Waals surface area contributed by atoms with Gasteiger partial charge in [-0.25, -0.2) is 4.98 Å². The molecule has 3 rings (SSSR count). The topological polar surface area (TPSA) is 71.8 Å². The maximum absolute atomic E-state index is 11.8. The van der Waals surface area contributed by atoms with Gasteiger partial charge >= 0.3 is 0 Å². The summed E-state index contributed by atoms with van der Waals surface area (Å²) in [6, 6.07) is 7.32. The highest BCUT2D eigenvalue weighted by atomic mass is 35.5. The molecule has 0 unspecified atom stereocenters. The van der Waals surface area contributed by atoms with E-state index in [0.717, 1.165) is 10.4 Å². The Hall–Kier alpha value is -1.50. The SMILES string of the molecule is Nc1ccc(SCc2nc3ccsc3c(=O)[nH]2)cc1Cl. The molecule has 3 N–H and O–H groups in total. The smallest absolute Gasteiger partial charge is 0.268 e. The van der Waals surface area contributed by atoms with Crippen molar-refractivity contribution in [2.75, 3.05) is 5.73 Å². The van der Waals surface area contributed by atoms with Crippen LogP contribution in [0.1, 0.15) is 5.82 Å². The average Bonchev–Trinajstić information content (AvgIpc) is 2.89. The van der Waals surface area contributed by atoms with Crippen molar-refractivity contribution in [1.29, 1.82) is 0 Å². The van der Waals surface area contributed by atoms with Crippen molar-refractivity contribution < 1.29 is 0 Å². The molecule has 3 aromatic rings. The molecule has 0 aliphatic heterocycles. The monoisotopic (exact) mass is 323 g/mol. The summed E-state index contributed by atoms with van der Waals surface area (Å²) in [5.41, 5.74) is 6.88. The number of nitrogen functional groups attached to an aromatic ring is 1. The fourth-order valence-electron chi connectivity index (χ4n) is 1.74. The number of nitrogens with two attached hydrogens (primary N) is 1. The first kappa shape index (κ1) is 13.5. The van der Waals surface area contributed by atoms with Crippen LogP contribution in [0.3, 0.4) is 0 Å². The Morgan fingerprint density at radius 3 is 3.05 bits per heavy atom. The lowest BCUT2D eigenvalue weighted by Gasteiger charge is -2.04. The number of thiophene rings is 1. The minimum Gasteiger partial charge on any atom is -0.398 e. The molecule has 0 saturated heterocycles. The number of aromatic amines is 1. The molecule has 0 fully saturated rings. The molecular formula is C13H10ClN3OS2. The van der Waals surface area contributed by atoms with Crippen molar-refractivity contribution in [1.82, 2.24) is 9.97 Å². The van der Waals surface area contributed by atoms with Crippen LogP contribution in [0.2, 0.25) is 5.02 Å². The third kappa shape index (κ3) is 2.67. The average molecular weight is 324 g/mol. The highest BCUT2D eigenvalue weighted by molar-refractivity contribution is 7.98. The third-order valence-electron chi connectivity index (χ3n) is 2.71. The van der Waals surface area contributed by atoms with Crippen molar-refractivity contribution in [3.05, 3.63) is 50.8 Å². The van der Waals surface area contributed by atoms with Crippen LogP contribution < -0.4 is 11.3 Å². The first-order chi connectivity index (χ1) is 9.63. The van der Waals surface area contributed by atoms with Crippen molar-refractivity contribution in [3.8, 4) is 0 Å². The zero-order valence-corrected chi connectivity index (χ0v) is 12.6. The lowest BCUT2D eigenvalue weighted by molar-refractivity contribution is 1.04. The van der Waals surface area contributed by atoms with Gasteiger partial charge in [0.1, 0.15) is 10.5 Å². The van der Waals surface area contributed by atoms with E-state index in [2.05, 4.69) is 9.97 Å². The van der Waals surface area contributed by atoms with Gasteiger partial charge in [0.05, 0.1) is 22.0 Å². The molecule has 0 amide bonds. The van der Waals surface area contributed by atoms with Crippen molar-refractivity contribution in [2.24, 2.45) is 0 Å². The molecule has 102 valence electrons. The van der Waals surface area contributed by atoms with Gasteiger partial charge in [-0.3, -0.25) is 4.79 Å². The summed E-state index contributed by atoms with van der Waals surface area (Å²) in [4.78, 5) is 20.0. The molecule has 0 spiro atoms. The second-order valence-electron chi connectivity index (χ2n) is 4.12. The van der Waals surface area contributed by atoms with E-state index in [4.69, 9.17) is 17.3 Å². The summed E-state index contributed by atoms with van der Waals surface area (Å²) in [5.74, 6) is 1.22. The van der Waals surface area contributed by atoms with Gasteiger partial charge in [-0.05, 0) is 29.6 Å². The van der Waals surface area contributed by atoms with Crippen LogP contribution in [0.25, 0.3) is 10.2 Å². The number of H-pyrrole nitrogens is 1. The summed E-state index contributed by atoms with van der Waals surface area (Å²) in [6.45, 7) is 0. The van der Waals surface area contributed by atoms with Crippen molar-refractivity contribution >= 4 is 50.6 Å². The van der Waals surface area contributed by atoms with Crippen LogP contribution >= 0.6 is 34.7 Å². The highest BCUT2D eigenvalue weighted by Gasteiger charge is 2.06. The minimum absolute atomic E-state index is 0.0871. The fraction of sp³-hybridized carbons (Fsp3) is 0.0769. The summed E-state index contributed by atoms with van der Waals surface area (Å²) in [7, 11) is 0. The highest BCUT2D eigenvalue weighted by Crippen LogP contribution is 2.28. The Balaban J connectivity index is 1.82. The van der Waals surface area contributed by atoms with E-state index in [0.29, 0.717) is 27.0 Å². The standard InChI is InChI=1S/C13H10ClN3OS2/c14-8-5-7(1-2-9(8)15)20-6-11-16-10-3-4-19-12(10)13(18)17-11/h1-5H,6,15H2,(H,16,17,18). The first-order valence-corrected chi connectivity index (χ1v) is 8.02. The van der Waals surface area contributed by atoms with Crippen molar-refractivity contribution in [3.63, 3.8) is 0 Å². The number of halogens is 1. The van der Waals surface area contributed by atoms with E-state index in [9.17, 15) is 4.79 Å². The molecule has 4 nitrogen and oxygen atoms in total. The molecule has 2 heterocycles. The molecule has 7 heteroatoms. The van der Waals surface area contributed by atoms with Crippen LogP contribution in [0, 0.1) is 0 Å². The van der Waals surface area contributed by atoms with E-state index < -0.39 is 0 Å². The summed E-state index contributed by atoms with van der Waals surface area (Å²) in [6.07, 6.45) is 0. The molecule has 1 aromatic carbocycles. The Morgan fingerprint density at radius 2 is 2.25 bits per heavy atom. The molecule has 0 aliphatic carbocycles. The van der Waals surface area contributed by atoms with Gasteiger partial charge in [0, 0.05) is 4.90 Å². The minimum atomic E-state index is -0.0871.